The van der Waals surface area contributed by atoms with Crippen LogP contribution in [0.5, 0.6) is 0 Å². The standard InChI is InChI=1S/C18H23ClN4O2S2/c1-12(10-26-3)17(24)23(18(25)13(2)11-27-4)15-9-22(21-16(15)19)14-6-5-7-20-8-14/h5-9,12-13H,10-11H2,1-4H3. The lowest BCUT2D eigenvalue weighted by Gasteiger charge is -2.25. The number of carbonyl (C=O) groups excluding carboxylic acids is 2. The Morgan fingerprint density at radius 1 is 1.19 bits per heavy atom. The largest absolute Gasteiger partial charge is 0.274 e. The zero-order valence-electron chi connectivity index (χ0n) is 15.8. The van der Waals surface area contributed by atoms with Crippen LogP contribution in [0.1, 0.15) is 13.8 Å². The molecule has 9 heteroatoms. The normalized spacial score (nSPS) is 13.2. The summed E-state index contributed by atoms with van der Waals surface area (Å²) in [5.74, 6) is 0.0678. The third-order valence-corrected chi connectivity index (χ3v) is 5.86. The average molecular weight is 427 g/mol. The van der Waals surface area contributed by atoms with E-state index in [1.165, 1.54) is 9.58 Å². The molecule has 2 rings (SSSR count). The van der Waals surface area contributed by atoms with Crippen LogP contribution >= 0.6 is 35.1 Å². The average Bonchev–Trinajstić information content (AvgIpc) is 3.04. The van der Waals surface area contributed by atoms with Crippen LogP contribution in [0.3, 0.4) is 0 Å². The van der Waals surface area contributed by atoms with Crippen LogP contribution in [-0.2, 0) is 9.59 Å². The van der Waals surface area contributed by atoms with Crippen LogP contribution < -0.4 is 4.90 Å². The van der Waals surface area contributed by atoms with E-state index in [1.54, 1.807) is 48.2 Å². The molecule has 2 aromatic rings. The zero-order valence-corrected chi connectivity index (χ0v) is 18.1. The highest BCUT2D eigenvalue weighted by atomic mass is 35.5. The number of rotatable bonds is 8. The quantitative estimate of drug-likeness (QED) is 0.639. The fourth-order valence-corrected chi connectivity index (χ4v) is 4.04. The summed E-state index contributed by atoms with van der Waals surface area (Å²) >= 11 is 9.46. The number of aromatic nitrogens is 3. The maximum atomic E-state index is 13.1. The van der Waals surface area contributed by atoms with Crippen molar-refractivity contribution in [3.8, 4) is 5.69 Å². The first-order valence-corrected chi connectivity index (χ1v) is 11.6. The number of halogens is 1. The van der Waals surface area contributed by atoms with E-state index in [2.05, 4.69) is 10.1 Å². The van der Waals surface area contributed by atoms with Gasteiger partial charge in [-0.1, -0.05) is 25.4 Å². The lowest BCUT2D eigenvalue weighted by Crippen LogP contribution is -2.44. The minimum atomic E-state index is -0.316. The van der Waals surface area contributed by atoms with Crippen LogP contribution in [0, 0.1) is 11.8 Å². The van der Waals surface area contributed by atoms with Crippen LogP contribution in [0.2, 0.25) is 5.15 Å². The van der Waals surface area contributed by atoms with Gasteiger partial charge in [0.25, 0.3) is 0 Å². The fourth-order valence-electron chi connectivity index (χ4n) is 2.54. The molecule has 0 saturated heterocycles. The Kier molecular flexibility index (Phi) is 8.19. The molecule has 2 heterocycles. The molecule has 0 aliphatic rings. The number of hydrogen-bond donors (Lipinski definition) is 0. The van der Waals surface area contributed by atoms with Crippen molar-refractivity contribution in [2.75, 3.05) is 28.9 Å². The summed E-state index contributed by atoms with van der Waals surface area (Å²) in [7, 11) is 0. The van der Waals surface area contributed by atoms with Gasteiger partial charge < -0.3 is 0 Å². The van der Waals surface area contributed by atoms with Crippen molar-refractivity contribution in [2.24, 2.45) is 11.8 Å². The summed E-state index contributed by atoms with van der Waals surface area (Å²) in [5.41, 5.74) is 0.997. The molecular weight excluding hydrogens is 404 g/mol. The molecule has 2 aromatic heterocycles. The number of imide groups is 1. The number of thioether (sulfide) groups is 2. The Labute approximate surface area is 173 Å². The Bertz CT molecular complexity index is 761. The molecule has 0 N–H and O–H groups in total. The second-order valence-electron chi connectivity index (χ2n) is 6.19. The Morgan fingerprint density at radius 3 is 2.26 bits per heavy atom. The van der Waals surface area contributed by atoms with Crippen molar-refractivity contribution in [1.29, 1.82) is 0 Å². The molecule has 0 aliphatic heterocycles. The lowest BCUT2D eigenvalue weighted by atomic mass is 10.1. The van der Waals surface area contributed by atoms with Gasteiger partial charge in [-0.25, -0.2) is 9.58 Å². The van der Waals surface area contributed by atoms with Crippen molar-refractivity contribution >= 4 is 52.6 Å². The molecule has 146 valence electrons. The predicted octanol–water partition coefficient (Wildman–Crippen LogP) is 3.78. The minimum absolute atomic E-state index is 0.105. The van der Waals surface area contributed by atoms with Crippen molar-refractivity contribution in [2.45, 2.75) is 13.8 Å². The van der Waals surface area contributed by atoms with Gasteiger partial charge in [0, 0.05) is 29.5 Å². The molecule has 0 saturated carbocycles. The van der Waals surface area contributed by atoms with Gasteiger partial charge in [0.15, 0.2) is 5.15 Å². The number of carbonyl (C=O) groups is 2. The van der Waals surface area contributed by atoms with Crippen molar-refractivity contribution < 1.29 is 9.59 Å². The Balaban J connectivity index is 2.45. The van der Waals surface area contributed by atoms with Crippen LogP contribution in [-0.4, -0.2) is 50.6 Å². The molecule has 2 unspecified atom stereocenters. The van der Waals surface area contributed by atoms with Crippen molar-refractivity contribution in [3.05, 3.63) is 35.9 Å². The molecule has 0 spiro atoms. The highest BCUT2D eigenvalue weighted by Crippen LogP contribution is 2.29. The summed E-state index contributed by atoms with van der Waals surface area (Å²) in [5, 5.41) is 4.37. The van der Waals surface area contributed by atoms with Gasteiger partial charge in [-0.3, -0.25) is 14.6 Å². The topological polar surface area (TPSA) is 68.1 Å². The first-order valence-electron chi connectivity index (χ1n) is 8.41. The molecule has 0 radical (unpaired) electrons. The van der Waals surface area contributed by atoms with E-state index in [0.29, 0.717) is 22.9 Å². The van der Waals surface area contributed by atoms with Crippen molar-refractivity contribution in [3.63, 3.8) is 0 Å². The van der Waals surface area contributed by atoms with Gasteiger partial charge in [0.1, 0.15) is 5.69 Å². The SMILES string of the molecule is CSCC(C)C(=O)N(C(=O)C(C)CSC)c1cn(-c2cccnc2)nc1Cl. The minimum Gasteiger partial charge on any atom is -0.274 e. The van der Waals surface area contributed by atoms with Crippen LogP contribution in [0.15, 0.2) is 30.7 Å². The highest BCUT2D eigenvalue weighted by molar-refractivity contribution is 7.98. The highest BCUT2D eigenvalue weighted by Gasteiger charge is 2.33. The predicted molar refractivity (Wildman–Crippen MR) is 114 cm³/mol. The van der Waals surface area contributed by atoms with Crippen LogP contribution in [0.25, 0.3) is 5.69 Å². The Morgan fingerprint density at radius 2 is 1.78 bits per heavy atom. The molecule has 6 nitrogen and oxygen atoms in total. The summed E-state index contributed by atoms with van der Waals surface area (Å²) in [4.78, 5) is 31.4. The molecule has 0 bridgehead atoms. The van der Waals surface area contributed by atoms with Crippen molar-refractivity contribution in [1.82, 2.24) is 14.8 Å². The number of anilines is 1. The second-order valence-corrected chi connectivity index (χ2v) is 8.36. The molecule has 2 amide bonds. The number of amides is 2. The van der Waals surface area contributed by atoms with E-state index in [1.807, 2.05) is 32.4 Å². The molecule has 0 fully saturated rings. The Hall–Kier alpha value is -1.51. The fraction of sp³-hybridized carbons (Fsp3) is 0.444. The summed E-state index contributed by atoms with van der Waals surface area (Å²) < 4.78 is 1.52. The summed E-state index contributed by atoms with van der Waals surface area (Å²) in [6, 6.07) is 3.60. The third-order valence-electron chi connectivity index (χ3n) is 3.92. The van der Waals surface area contributed by atoms with Gasteiger partial charge in [-0.2, -0.15) is 28.6 Å². The molecule has 0 aliphatic carbocycles. The first-order chi connectivity index (χ1) is 12.9. The van der Waals surface area contributed by atoms with E-state index in [4.69, 9.17) is 11.6 Å². The van der Waals surface area contributed by atoms with Gasteiger partial charge in [-0.05, 0) is 24.6 Å². The third kappa shape index (κ3) is 5.27. The smallest absolute Gasteiger partial charge is 0.237 e. The van der Waals surface area contributed by atoms with E-state index in [0.717, 1.165) is 0 Å². The maximum absolute atomic E-state index is 13.1. The molecular formula is C18H23ClN4O2S2. The molecule has 0 aromatic carbocycles. The van der Waals surface area contributed by atoms with Gasteiger partial charge in [0.05, 0.1) is 18.1 Å². The van der Waals surface area contributed by atoms with E-state index < -0.39 is 0 Å². The first kappa shape index (κ1) is 21.8. The monoisotopic (exact) mass is 426 g/mol. The molecule has 2 atom stereocenters. The summed E-state index contributed by atoms with van der Waals surface area (Å²) in [6.07, 6.45) is 8.75. The van der Waals surface area contributed by atoms with Gasteiger partial charge in [-0.15, -0.1) is 0 Å². The lowest BCUT2D eigenvalue weighted by molar-refractivity contribution is -0.129. The zero-order chi connectivity index (χ0) is 20.0. The van der Waals surface area contributed by atoms with Gasteiger partial charge in [0.2, 0.25) is 11.8 Å². The van der Waals surface area contributed by atoms with E-state index >= 15 is 0 Å². The maximum Gasteiger partial charge on any atom is 0.237 e. The number of hydrogen-bond acceptors (Lipinski definition) is 6. The molecule has 27 heavy (non-hydrogen) atoms. The van der Waals surface area contributed by atoms with Crippen LogP contribution in [0.4, 0.5) is 5.69 Å². The van der Waals surface area contributed by atoms with Gasteiger partial charge >= 0.3 is 0 Å². The second kappa shape index (κ2) is 10.1. The summed E-state index contributed by atoms with van der Waals surface area (Å²) in [6.45, 7) is 3.63. The number of pyridine rings is 1. The van der Waals surface area contributed by atoms with E-state index in [-0.39, 0.29) is 28.8 Å². The van der Waals surface area contributed by atoms with E-state index in [9.17, 15) is 9.59 Å². The number of nitrogens with zero attached hydrogens (tertiary/aromatic N) is 4.